The molecule has 0 atom stereocenters. The molecule has 1 aromatic carbocycles. The number of hydrogen-bond acceptors (Lipinski definition) is 6. The predicted octanol–water partition coefficient (Wildman–Crippen LogP) is 4.52. The van der Waals surface area contributed by atoms with Crippen molar-refractivity contribution in [3.8, 4) is 0 Å². The number of rotatable bonds is 2. The van der Waals surface area contributed by atoms with E-state index in [1.54, 1.807) is 24.8 Å². The highest BCUT2D eigenvalue weighted by Gasteiger charge is 2.33. The van der Waals surface area contributed by atoms with Crippen LogP contribution in [-0.4, -0.2) is 19.9 Å². The van der Waals surface area contributed by atoms with Gasteiger partial charge in [0.25, 0.3) is 0 Å². The van der Waals surface area contributed by atoms with E-state index in [-0.39, 0.29) is 0 Å². The Kier molecular flexibility index (Phi) is 3.31. The highest BCUT2D eigenvalue weighted by Crippen LogP contribution is 2.50. The van der Waals surface area contributed by atoms with Gasteiger partial charge in [-0.3, -0.25) is 9.80 Å². The third kappa shape index (κ3) is 2.20. The molecule has 0 bridgehead atoms. The van der Waals surface area contributed by atoms with Crippen molar-refractivity contribution in [3.05, 3.63) is 85.5 Å². The lowest BCUT2D eigenvalue weighted by Gasteiger charge is -2.36. The molecule has 0 saturated heterocycles. The molecule has 0 amide bonds. The van der Waals surface area contributed by atoms with E-state index in [2.05, 4.69) is 32.1 Å². The molecule has 6 nitrogen and oxygen atoms in total. The van der Waals surface area contributed by atoms with Gasteiger partial charge in [-0.1, -0.05) is 24.3 Å². The van der Waals surface area contributed by atoms with Crippen LogP contribution < -0.4 is 9.80 Å². The summed E-state index contributed by atoms with van der Waals surface area (Å²) >= 11 is 0. The van der Waals surface area contributed by atoms with Gasteiger partial charge in [0.15, 0.2) is 11.6 Å². The smallest absolute Gasteiger partial charge is 0.183 e. The van der Waals surface area contributed by atoms with Gasteiger partial charge in [-0.15, -0.1) is 0 Å². The number of anilines is 6. The van der Waals surface area contributed by atoms with E-state index >= 15 is 0 Å². The Bertz CT molecular complexity index is 919. The summed E-state index contributed by atoms with van der Waals surface area (Å²) in [4.78, 5) is 22.3. The zero-order valence-electron chi connectivity index (χ0n) is 13.8. The maximum Gasteiger partial charge on any atom is 0.183 e. The number of benzene rings is 1. The standard InChI is InChI=1S/C20H14N6/c1-2-8-16-15(7-1)25(17-9-3-5-11-21-17)19-20(24-14-13-23-19)26(16)18-10-4-6-12-22-18/h1-14H. The molecule has 124 valence electrons. The summed E-state index contributed by atoms with van der Waals surface area (Å²) in [5, 5.41) is 0. The van der Waals surface area contributed by atoms with Gasteiger partial charge in [-0.05, 0) is 36.4 Å². The topological polar surface area (TPSA) is 58.0 Å². The van der Waals surface area contributed by atoms with Gasteiger partial charge < -0.3 is 0 Å². The molecule has 6 heteroatoms. The van der Waals surface area contributed by atoms with E-state index in [1.807, 2.05) is 58.3 Å². The quantitative estimate of drug-likeness (QED) is 0.472. The monoisotopic (exact) mass is 338 g/mol. The summed E-state index contributed by atoms with van der Waals surface area (Å²) in [5.74, 6) is 3.02. The average Bonchev–Trinajstić information content (AvgIpc) is 2.73. The molecule has 26 heavy (non-hydrogen) atoms. The van der Waals surface area contributed by atoms with E-state index in [4.69, 9.17) is 0 Å². The molecule has 0 unspecified atom stereocenters. The lowest BCUT2D eigenvalue weighted by Crippen LogP contribution is -2.26. The number of para-hydroxylation sites is 2. The average molecular weight is 338 g/mol. The second-order valence-corrected chi connectivity index (χ2v) is 5.74. The lowest BCUT2D eigenvalue weighted by molar-refractivity contribution is 1.02. The molecule has 0 fully saturated rings. The molecule has 4 aromatic rings. The van der Waals surface area contributed by atoms with Crippen molar-refractivity contribution in [2.24, 2.45) is 0 Å². The minimum atomic E-state index is 0.718. The van der Waals surface area contributed by atoms with E-state index in [0.717, 1.165) is 34.6 Å². The maximum atomic E-state index is 4.61. The molecule has 0 aliphatic carbocycles. The van der Waals surface area contributed by atoms with Crippen molar-refractivity contribution in [2.45, 2.75) is 0 Å². The van der Waals surface area contributed by atoms with Gasteiger partial charge in [0, 0.05) is 24.8 Å². The number of fused-ring (bicyclic) bond motifs is 2. The van der Waals surface area contributed by atoms with Crippen LogP contribution in [0.4, 0.5) is 34.6 Å². The van der Waals surface area contributed by atoms with Crippen molar-refractivity contribution < 1.29 is 0 Å². The fourth-order valence-electron chi connectivity index (χ4n) is 3.15. The Morgan fingerprint density at radius 1 is 0.462 bits per heavy atom. The molecule has 5 rings (SSSR count). The molecule has 0 radical (unpaired) electrons. The third-order valence-electron chi connectivity index (χ3n) is 4.20. The minimum Gasteiger partial charge on any atom is -0.274 e. The maximum absolute atomic E-state index is 4.61. The molecule has 0 N–H and O–H groups in total. The Morgan fingerprint density at radius 3 is 1.35 bits per heavy atom. The molecule has 0 saturated carbocycles. The van der Waals surface area contributed by atoms with Crippen LogP contribution in [0.2, 0.25) is 0 Å². The van der Waals surface area contributed by atoms with E-state index in [9.17, 15) is 0 Å². The van der Waals surface area contributed by atoms with Crippen LogP contribution in [0.5, 0.6) is 0 Å². The van der Waals surface area contributed by atoms with Gasteiger partial charge in [0.2, 0.25) is 0 Å². The van der Waals surface area contributed by atoms with Gasteiger partial charge in [-0.25, -0.2) is 19.9 Å². The SMILES string of the molecule is c1ccc(N2c3ccccc3N(c3ccccn3)c3nccnc32)nc1. The summed E-state index contributed by atoms with van der Waals surface area (Å²) in [7, 11) is 0. The third-order valence-corrected chi connectivity index (χ3v) is 4.20. The van der Waals surface area contributed by atoms with Gasteiger partial charge in [-0.2, -0.15) is 0 Å². The Hall–Kier alpha value is -3.80. The largest absolute Gasteiger partial charge is 0.274 e. The fourth-order valence-corrected chi connectivity index (χ4v) is 3.15. The van der Waals surface area contributed by atoms with Crippen LogP contribution in [-0.2, 0) is 0 Å². The van der Waals surface area contributed by atoms with Crippen molar-refractivity contribution in [1.82, 2.24) is 19.9 Å². The first kappa shape index (κ1) is 14.5. The van der Waals surface area contributed by atoms with E-state index in [1.165, 1.54) is 0 Å². The zero-order chi connectivity index (χ0) is 17.3. The van der Waals surface area contributed by atoms with Gasteiger partial charge in [0.1, 0.15) is 11.6 Å². The second kappa shape index (κ2) is 5.93. The molecular formula is C20H14N6. The van der Waals surface area contributed by atoms with Crippen molar-refractivity contribution in [2.75, 3.05) is 9.80 Å². The Labute approximate surface area is 150 Å². The Morgan fingerprint density at radius 2 is 0.923 bits per heavy atom. The van der Waals surface area contributed by atoms with Gasteiger partial charge >= 0.3 is 0 Å². The predicted molar refractivity (Wildman–Crippen MR) is 101 cm³/mol. The lowest BCUT2D eigenvalue weighted by atomic mass is 10.1. The highest BCUT2D eigenvalue weighted by atomic mass is 15.4. The van der Waals surface area contributed by atoms with Crippen molar-refractivity contribution in [1.29, 1.82) is 0 Å². The Balaban J connectivity index is 1.80. The number of aromatic nitrogens is 4. The van der Waals surface area contributed by atoms with E-state index in [0.29, 0.717) is 0 Å². The normalized spacial score (nSPS) is 12.5. The highest BCUT2D eigenvalue weighted by molar-refractivity contribution is 5.97. The van der Waals surface area contributed by atoms with Gasteiger partial charge in [0.05, 0.1) is 11.4 Å². The minimum absolute atomic E-state index is 0.718. The molecule has 0 spiro atoms. The number of hydrogen-bond donors (Lipinski definition) is 0. The molecular weight excluding hydrogens is 324 g/mol. The number of nitrogens with zero attached hydrogens (tertiary/aromatic N) is 6. The summed E-state index contributed by atoms with van der Waals surface area (Å²) < 4.78 is 0. The summed E-state index contributed by atoms with van der Waals surface area (Å²) in [6.45, 7) is 0. The van der Waals surface area contributed by atoms with Crippen molar-refractivity contribution in [3.63, 3.8) is 0 Å². The molecule has 1 aliphatic rings. The van der Waals surface area contributed by atoms with E-state index < -0.39 is 0 Å². The first-order chi connectivity index (χ1) is 12.9. The summed E-state index contributed by atoms with van der Waals surface area (Å²) in [6.07, 6.45) is 6.94. The zero-order valence-corrected chi connectivity index (χ0v) is 13.8. The van der Waals surface area contributed by atoms with Crippen molar-refractivity contribution >= 4 is 34.6 Å². The summed E-state index contributed by atoms with van der Waals surface area (Å²) in [6, 6.07) is 19.8. The summed E-state index contributed by atoms with van der Waals surface area (Å²) in [5.41, 5.74) is 1.95. The second-order valence-electron chi connectivity index (χ2n) is 5.74. The molecule has 1 aliphatic heterocycles. The molecule has 3 aromatic heterocycles. The fraction of sp³-hybridized carbons (Fsp3) is 0. The molecule has 4 heterocycles. The van der Waals surface area contributed by atoms with Crippen LogP contribution in [0.3, 0.4) is 0 Å². The first-order valence-corrected chi connectivity index (χ1v) is 8.26. The van der Waals surface area contributed by atoms with Crippen LogP contribution in [0.25, 0.3) is 0 Å². The van der Waals surface area contributed by atoms with Crippen LogP contribution in [0.1, 0.15) is 0 Å². The number of pyridine rings is 2. The van der Waals surface area contributed by atoms with Crippen LogP contribution >= 0.6 is 0 Å². The van der Waals surface area contributed by atoms with Crippen LogP contribution in [0.15, 0.2) is 85.5 Å². The first-order valence-electron chi connectivity index (χ1n) is 8.26. The van der Waals surface area contributed by atoms with Crippen LogP contribution in [0, 0.1) is 0 Å².